The molecule has 1 fully saturated rings. The largest absolute Gasteiger partial charge is 0.355 e. The first kappa shape index (κ1) is 11.9. The molecule has 3 rings (SSSR count). The molecule has 3 heteroatoms. The molecule has 0 N–H and O–H groups in total. The van der Waals surface area contributed by atoms with Gasteiger partial charge in [0.2, 0.25) is 0 Å². The summed E-state index contributed by atoms with van der Waals surface area (Å²) in [6, 6.07) is 18.8. The molecule has 0 aromatic heterocycles. The van der Waals surface area contributed by atoms with Gasteiger partial charge in [-0.15, -0.1) is 11.8 Å². The second kappa shape index (κ2) is 5.25. The van der Waals surface area contributed by atoms with E-state index < -0.39 is 0 Å². The van der Waals surface area contributed by atoms with E-state index in [0.29, 0.717) is 5.37 Å². The predicted molar refractivity (Wildman–Crippen MR) is 80.4 cm³/mol. The van der Waals surface area contributed by atoms with Crippen LogP contribution >= 0.6 is 23.4 Å². The van der Waals surface area contributed by atoms with E-state index in [1.165, 1.54) is 11.3 Å². The quantitative estimate of drug-likeness (QED) is 0.788. The number of halogens is 1. The molecule has 1 nitrogen and oxygen atoms in total. The Morgan fingerprint density at radius 2 is 1.89 bits per heavy atom. The summed E-state index contributed by atoms with van der Waals surface area (Å²) >= 11 is 8.07. The van der Waals surface area contributed by atoms with E-state index in [1.807, 2.05) is 30.0 Å². The van der Waals surface area contributed by atoms with Gasteiger partial charge >= 0.3 is 0 Å². The zero-order valence-corrected chi connectivity index (χ0v) is 11.5. The first-order valence-corrected chi connectivity index (χ1v) is 7.46. The van der Waals surface area contributed by atoms with Crippen molar-refractivity contribution in [1.82, 2.24) is 0 Å². The lowest BCUT2D eigenvalue weighted by atomic mass is 10.2. The third-order valence-corrected chi connectivity index (χ3v) is 4.61. The molecular formula is C15H14ClNS. The maximum atomic E-state index is 6.08. The summed E-state index contributed by atoms with van der Waals surface area (Å²) in [5.74, 6) is 1.16. The predicted octanol–water partition coefficient (Wildman–Crippen LogP) is 4.59. The van der Waals surface area contributed by atoms with E-state index in [0.717, 1.165) is 17.3 Å². The smallest absolute Gasteiger partial charge is 0.101 e. The van der Waals surface area contributed by atoms with Crippen LogP contribution in [-0.4, -0.2) is 12.3 Å². The SMILES string of the molecule is Clc1cccc(N2CCSC2c2ccccc2)c1. The van der Waals surface area contributed by atoms with Crippen LogP contribution in [0.25, 0.3) is 0 Å². The number of benzene rings is 2. The normalized spacial score (nSPS) is 19.2. The molecular weight excluding hydrogens is 262 g/mol. The Morgan fingerprint density at radius 1 is 1.06 bits per heavy atom. The minimum Gasteiger partial charge on any atom is -0.355 e. The van der Waals surface area contributed by atoms with E-state index >= 15 is 0 Å². The second-order valence-corrected chi connectivity index (χ2v) is 5.93. The van der Waals surface area contributed by atoms with E-state index in [-0.39, 0.29) is 0 Å². The van der Waals surface area contributed by atoms with Gasteiger partial charge in [0.05, 0.1) is 0 Å². The molecule has 0 radical (unpaired) electrons. The summed E-state index contributed by atoms with van der Waals surface area (Å²) in [7, 11) is 0. The lowest BCUT2D eigenvalue weighted by Crippen LogP contribution is -2.21. The highest BCUT2D eigenvalue weighted by atomic mass is 35.5. The monoisotopic (exact) mass is 275 g/mol. The minimum atomic E-state index is 0.407. The molecule has 0 spiro atoms. The van der Waals surface area contributed by atoms with Crippen molar-refractivity contribution in [3.63, 3.8) is 0 Å². The fraction of sp³-hybridized carbons (Fsp3) is 0.200. The molecule has 2 aromatic carbocycles. The van der Waals surface area contributed by atoms with Crippen molar-refractivity contribution < 1.29 is 0 Å². The standard InChI is InChI=1S/C15H14ClNS/c16-13-7-4-8-14(11-13)17-9-10-18-15(17)12-5-2-1-3-6-12/h1-8,11,15H,9-10H2. The summed E-state index contributed by atoms with van der Waals surface area (Å²) in [6.07, 6.45) is 0. The van der Waals surface area contributed by atoms with Gasteiger partial charge in [-0.05, 0) is 23.8 Å². The topological polar surface area (TPSA) is 3.24 Å². The molecule has 1 unspecified atom stereocenters. The second-order valence-electron chi connectivity index (χ2n) is 4.31. The van der Waals surface area contributed by atoms with Crippen molar-refractivity contribution in [2.45, 2.75) is 5.37 Å². The molecule has 18 heavy (non-hydrogen) atoms. The Morgan fingerprint density at radius 3 is 2.67 bits per heavy atom. The number of rotatable bonds is 2. The van der Waals surface area contributed by atoms with E-state index in [9.17, 15) is 0 Å². The Hall–Kier alpha value is -1.12. The van der Waals surface area contributed by atoms with Gasteiger partial charge in [0.25, 0.3) is 0 Å². The molecule has 0 aliphatic carbocycles. The first-order chi connectivity index (χ1) is 8.84. The Labute approximate surface area is 117 Å². The van der Waals surface area contributed by atoms with Gasteiger partial charge in [-0.1, -0.05) is 48.0 Å². The van der Waals surface area contributed by atoms with Crippen LogP contribution in [0.1, 0.15) is 10.9 Å². The van der Waals surface area contributed by atoms with Crippen LogP contribution in [0.4, 0.5) is 5.69 Å². The summed E-state index contributed by atoms with van der Waals surface area (Å²) in [4.78, 5) is 2.42. The van der Waals surface area contributed by atoms with Crippen LogP contribution in [0.5, 0.6) is 0 Å². The van der Waals surface area contributed by atoms with Crippen molar-refractivity contribution >= 4 is 29.1 Å². The molecule has 0 amide bonds. The maximum absolute atomic E-state index is 6.08. The highest BCUT2D eigenvalue weighted by Gasteiger charge is 2.26. The molecule has 1 heterocycles. The molecule has 1 saturated heterocycles. The van der Waals surface area contributed by atoms with Crippen molar-refractivity contribution in [1.29, 1.82) is 0 Å². The molecule has 1 aliphatic rings. The lowest BCUT2D eigenvalue weighted by Gasteiger charge is -2.26. The Bertz CT molecular complexity index is 529. The van der Waals surface area contributed by atoms with Crippen molar-refractivity contribution in [3.8, 4) is 0 Å². The van der Waals surface area contributed by atoms with Crippen LogP contribution in [-0.2, 0) is 0 Å². The van der Waals surface area contributed by atoms with Gasteiger partial charge in [0, 0.05) is 23.0 Å². The van der Waals surface area contributed by atoms with Gasteiger partial charge in [0.15, 0.2) is 0 Å². The highest BCUT2D eigenvalue weighted by molar-refractivity contribution is 7.99. The maximum Gasteiger partial charge on any atom is 0.101 e. The van der Waals surface area contributed by atoms with Crippen LogP contribution < -0.4 is 4.90 Å². The zero-order chi connectivity index (χ0) is 12.4. The first-order valence-electron chi connectivity index (χ1n) is 6.03. The van der Waals surface area contributed by atoms with Crippen LogP contribution in [0.2, 0.25) is 5.02 Å². The number of hydrogen-bond acceptors (Lipinski definition) is 2. The third-order valence-electron chi connectivity index (χ3n) is 3.12. The summed E-state index contributed by atoms with van der Waals surface area (Å²) in [6.45, 7) is 1.07. The van der Waals surface area contributed by atoms with Crippen molar-refractivity contribution in [2.75, 3.05) is 17.2 Å². The average Bonchev–Trinajstić information content (AvgIpc) is 2.89. The van der Waals surface area contributed by atoms with E-state index in [2.05, 4.69) is 41.3 Å². The minimum absolute atomic E-state index is 0.407. The number of hydrogen-bond donors (Lipinski definition) is 0. The van der Waals surface area contributed by atoms with E-state index in [1.54, 1.807) is 0 Å². The third kappa shape index (κ3) is 2.36. The summed E-state index contributed by atoms with van der Waals surface area (Å²) in [5.41, 5.74) is 2.57. The van der Waals surface area contributed by atoms with Crippen LogP contribution in [0.3, 0.4) is 0 Å². The van der Waals surface area contributed by atoms with Gasteiger partial charge in [-0.2, -0.15) is 0 Å². The Kier molecular flexibility index (Phi) is 3.48. The molecule has 1 aliphatic heterocycles. The summed E-state index contributed by atoms with van der Waals surface area (Å²) in [5, 5.41) is 1.21. The van der Waals surface area contributed by atoms with Gasteiger partial charge in [-0.25, -0.2) is 0 Å². The molecule has 0 saturated carbocycles. The fourth-order valence-electron chi connectivity index (χ4n) is 2.28. The van der Waals surface area contributed by atoms with Crippen molar-refractivity contribution in [3.05, 3.63) is 65.2 Å². The molecule has 1 atom stereocenters. The molecule has 92 valence electrons. The molecule has 0 bridgehead atoms. The zero-order valence-electron chi connectivity index (χ0n) is 9.92. The average molecular weight is 276 g/mol. The van der Waals surface area contributed by atoms with E-state index in [4.69, 9.17) is 11.6 Å². The van der Waals surface area contributed by atoms with Crippen LogP contribution in [0.15, 0.2) is 54.6 Å². The Balaban J connectivity index is 1.92. The molecule has 2 aromatic rings. The number of anilines is 1. The van der Waals surface area contributed by atoms with Gasteiger partial charge in [0.1, 0.15) is 5.37 Å². The summed E-state index contributed by atoms with van der Waals surface area (Å²) < 4.78 is 0. The van der Waals surface area contributed by atoms with Gasteiger partial charge in [-0.3, -0.25) is 0 Å². The fourth-order valence-corrected chi connectivity index (χ4v) is 3.75. The van der Waals surface area contributed by atoms with Crippen molar-refractivity contribution in [2.24, 2.45) is 0 Å². The number of thioether (sulfide) groups is 1. The number of nitrogens with zero attached hydrogens (tertiary/aromatic N) is 1. The van der Waals surface area contributed by atoms with Gasteiger partial charge < -0.3 is 4.90 Å². The highest BCUT2D eigenvalue weighted by Crippen LogP contribution is 2.41. The van der Waals surface area contributed by atoms with Crippen LogP contribution in [0, 0.1) is 0 Å². The lowest BCUT2D eigenvalue weighted by molar-refractivity contribution is 0.858.